The van der Waals surface area contributed by atoms with Crippen molar-refractivity contribution in [2.24, 2.45) is 5.92 Å². The van der Waals surface area contributed by atoms with Gasteiger partial charge < -0.3 is 9.16 Å². The number of hydrogen-bond acceptors (Lipinski definition) is 5. The number of aromatic nitrogens is 1. The second-order valence-corrected chi connectivity index (χ2v) is 12.8. The molecule has 0 bridgehead atoms. The zero-order valence-electron chi connectivity index (χ0n) is 16.3. The number of nitrogens with zero attached hydrogens (tertiary/aromatic N) is 2. The van der Waals surface area contributed by atoms with Crippen LogP contribution in [0.15, 0.2) is 24.5 Å². The first-order valence-electron chi connectivity index (χ1n) is 8.59. The number of hydroxylamine groups is 2. The number of carbonyl (C=O) groups is 1. The van der Waals surface area contributed by atoms with Crippen LogP contribution in [0.1, 0.15) is 32.4 Å². The second kappa shape index (κ2) is 7.53. The van der Waals surface area contributed by atoms with Crippen LogP contribution in [0.4, 0.5) is 0 Å². The van der Waals surface area contributed by atoms with Crippen molar-refractivity contribution in [2.45, 2.75) is 51.1 Å². The van der Waals surface area contributed by atoms with E-state index in [-0.39, 0.29) is 23.2 Å². The fourth-order valence-electron chi connectivity index (χ4n) is 2.70. The predicted octanol–water partition coefficient (Wildman–Crippen LogP) is 3.18. The molecule has 1 aliphatic rings. The summed E-state index contributed by atoms with van der Waals surface area (Å²) in [5.41, 5.74) is 0.881. The second-order valence-electron chi connectivity index (χ2n) is 8.00. The van der Waals surface area contributed by atoms with Crippen molar-refractivity contribution < 1.29 is 18.8 Å². The molecule has 25 heavy (non-hydrogen) atoms. The van der Waals surface area contributed by atoms with E-state index in [1.807, 2.05) is 12.1 Å². The van der Waals surface area contributed by atoms with Gasteiger partial charge in [0.25, 0.3) is 5.91 Å². The highest BCUT2D eigenvalue weighted by atomic mass is 28.4. The highest BCUT2D eigenvalue weighted by molar-refractivity contribution is 6.74. The minimum atomic E-state index is -2.04. The van der Waals surface area contributed by atoms with Gasteiger partial charge in [-0.3, -0.25) is 14.6 Å². The number of amides is 1. The molecule has 1 saturated heterocycles. The molecule has 1 fully saturated rings. The summed E-state index contributed by atoms with van der Waals surface area (Å²) >= 11 is 0. The lowest BCUT2D eigenvalue weighted by Crippen LogP contribution is -2.48. The van der Waals surface area contributed by atoms with Gasteiger partial charge in [0.05, 0.1) is 31.8 Å². The summed E-state index contributed by atoms with van der Waals surface area (Å²) in [7, 11) is 1.06. The molecule has 0 N–H and O–H groups in total. The van der Waals surface area contributed by atoms with Crippen LogP contribution in [-0.4, -0.2) is 51.1 Å². The number of ether oxygens (including phenoxy) is 1. The summed E-state index contributed by atoms with van der Waals surface area (Å²) in [4.78, 5) is 22.2. The molecule has 1 amide bonds. The van der Waals surface area contributed by atoms with Crippen molar-refractivity contribution in [1.29, 1.82) is 0 Å². The van der Waals surface area contributed by atoms with Gasteiger partial charge in [-0.15, -0.1) is 0 Å². The Balaban J connectivity index is 2.32. The Kier molecular flexibility index (Phi) is 6.04. The monoisotopic (exact) mass is 366 g/mol. The van der Waals surface area contributed by atoms with Crippen LogP contribution in [0.2, 0.25) is 18.1 Å². The Morgan fingerprint density at radius 1 is 1.40 bits per heavy atom. The smallest absolute Gasteiger partial charge is 0.254 e. The van der Waals surface area contributed by atoms with E-state index in [1.54, 1.807) is 19.4 Å². The molecule has 0 spiro atoms. The third-order valence-electron chi connectivity index (χ3n) is 5.30. The van der Waals surface area contributed by atoms with E-state index in [1.165, 1.54) is 12.2 Å². The number of carbonyl (C=O) groups excluding carboxylic acids is 1. The molecule has 2 rings (SSSR count). The molecule has 1 aliphatic heterocycles. The van der Waals surface area contributed by atoms with Crippen molar-refractivity contribution in [2.75, 3.05) is 20.8 Å². The minimum Gasteiger partial charge on any atom is -0.411 e. The quantitative estimate of drug-likeness (QED) is 0.592. The zero-order chi connectivity index (χ0) is 18.8. The van der Waals surface area contributed by atoms with Gasteiger partial charge in [0, 0.05) is 19.4 Å². The van der Waals surface area contributed by atoms with Crippen LogP contribution in [0, 0.1) is 5.92 Å². The molecule has 0 unspecified atom stereocenters. The summed E-state index contributed by atoms with van der Waals surface area (Å²) in [5, 5.41) is 1.31. The van der Waals surface area contributed by atoms with Gasteiger partial charge in [-0.25, -0.2) is 5.06 Å². The molecule has 0 aromatic carbocycles. The van der Waals surface area contributed by atoms with E-state index in [2.05, 4.69) is 38.8 Å². The van der Waals surface area contributed by atoms with Gasteiger partial charge in [-0.05, 0) is 29.8 Å². The van der Waals surface area contributed by atoms with E-state index in [0.29, 0.717) is 6.61 Å². The van der Waals surface area contributed by atoms with E-state index < -0.39 is 14.2 Å². The lowest BCUT2D eigenvalue weighted by Gasteiger charge is -2.39. The molecule has 1 aromatic heterocycles. The Bertz CT molecular complexity index is 588. The highest BCUT2D eigenvalue weighted by Gasteiger charge is 2.49. The maximum absolute atomic E-state index is 12.9. The predicted molar refractivity (Wildman–Crippen MR) is 98.3 cm³/mol. The SMILES string of the molecule is CON(C)C(=O)[C@H]1[C@@H](c2cccnc2)OC[C@H]1O[Si](C)(C)C(C)(C)C. The molecule has 6 nitrogen and oxygen atoms in total. The van der Waals surface area contributed by atoms with Crippen molar-refractivity contribution in [1.82, 2.24) is 10.0 Å². The first-order chi connectivity index (χ1) is 11.6. The summed E-state index contributed by atoms with van der Waals surface area (Å²) in [6, 6.07) is 3.78. The van der Waals surface area contributed by atoms with Gasteiger partial charge >= 0.3 is 0 Å². The molecular formula is C18H30N2O4Si. The Morgan fingerprint density at radius 3 is 2.60 bits per heavy atom. The van der Waals surface area contributed by atoms with E-state index in [9.17, 15) is 4.79 Å². The average Bonchev–Trinajstić information content (AvgIpc) is 2.96. The van der Waals surface area contributed by atoms with Crippen LogP contribution in [0.5, 0.6) is 0 Å². The zero-order valence-corrected chi connectivity index (χ0v) is 17.3. The standard InChI is InChI=1S/C18H30N2O4Si/c1-18(2,3)25(6,7)24-14-12-23-16(13-9-8-10-19-11-13)15(14)17(21)20(4)22-5/h8-11,14-16H,12H2,1-7H3/t14-,15-,16-/m1/s1. The molecule has 140 valence electrons. The largest absolute Gasteiger partial charge is 0.411 e. The molecule has 0 aliphatic carbocycles. The van der Waals surface area contributed by atoms with Crippen LogP contribution in [-0.2, 0) is 18.8 Å². The normalized spacial score (nSPS) is 24.4. The van der Waals surface area contributed by atoms with Gasteiger partial charge in [0.2, 0.25) is 0 Å². The molecule has 7 heteroatoms. The Hall–Kier alpha value is -1.28. The van der Waals surface area contributed by atoms with Crippen molar-refractivity contribution in [3.8, 4) is 0 Å². The number of rotatable bonds is 5. The number of pyridine rings is 1. The van der Waals surface area contributed by atoms with Crippen molar-refractivity contribution in [3.05, 3.63) is 30.1 Å². The summed E-state index contributed by atoms with van der Waals surface area (Å²) in [6.45, 7) is 11.3. The number of hydrogen-bond donors (Lipinski definition) is 0. The van der Waals surface area contributed by atoms with Gasteiger partial charge in [-0.2, -0.15) is 0 Å². The summed E-state index contributed by atoms with van der Waals surface area (Å²) < 4.78 is 12.5. The third-order valence-corrected chi connectivity index (χ3v) is 9.81. The highest BCUT2D eigenvalue weighted by Crippen LogP contribution is 2.43. The lowest BCUT2D eigenvalue weighted by atomic mass is 9.93. The van der Waals surface area contributed by atoms with Gasteiger partial charge in [0.1, 0.15) is 0 Å². The first-order valence-corrected chi connectivity index (χ1v) is 11.5. The van der Waals surface area contributed by atoms with Crippen LogP contribution >= 0.6 is 0 Å². The first kappa shape index (κ1) is 20.0. The van der Waals surface area contributed by atoms with Crippen LogP contribution < -0.4 is 0 Å². The average molecular weight is 367 g/mol. The fraction of sp³-hybridized carbons (Fsp3) is 0.667. The molecule has 2 heterocycles. The molecular weight excluding hydrogens is 336 g/mol. The lowest BCUT2D eigenvalue weighted by molar-refractivity contribution is -0.177. The van der Waals surface area contributed by atoms with E-state index in [4.69, 9.17) is 14.0 Å². The summed E-state index contributed by atoms with van der Waals surface area (Å²) in [6.07, 6.45) is 2.77. The van der Waals surface area contributed by atoms with Crippen LogP contribution in [0.3, 0.4) is 0 Å². The molecule has 0 radical (unpaired) electrons. The fourth-order valence-corrected chi connectivity index (χ4v) is 4.02. The van der Waals surface area contributed by atoms with Gasteiger partial charge in [-0.1, -0.05) is 26.8 Å². The van der Waals surface area contributed by atoms with Crippen LogP contribution in [0.25, 0.3) is 0 Å². The Morgan fingerprint density at radius 2 is 2.08 bits per heavy atom. The van der Waals surface area contributed by atoms with E-state index in [0.717, 1.165) is 5.56 Å². The third kappa shape index (κ3) is 4.28. The van der Waals surface area contributed by atoms with E-state index >= 15 is 0 Å². The van der Waals surface area contributed by atoms with Crippen molar-refractivity contribution in [3.63, 3.8) is 0 Å². The minimum absolute atomic E-state index is 0.0557. The molecule has 0 saturated carbocycles. The topological polar surface area (TPSA) is 60.9 Å². The maximum Gasteiger partial charge on any atom is 0.254 e. The van der Waals surface area contributed by atoms with Gasteiger partial charge in [0.15, 0.2) is 8.32 Å². The molecule has 1 aromatic rings. The maximum atomic E-state index is 12.9. The molecule has 3 atom stereocenters. The summed E-state index contributed by atoms with van der Waals surface area (Å²) in [5.74, 6) is -0.596. The van der Waals surface area contributed by atoms with Crippen molar-refractivity contribution >= 4 is 14.2 Å². The Labute approximate surface area is 151 Å².